The highest BCUT2D eigenvalue weighted by atomic mass is 35.5. The summed E-state index contributed by atoms with van der Waals surface area (Å²) in [5.74, 6) is -0.934. The van der Waals surface area contributed by atoms with Crippen molar-refractivity contribution in [3.8, 4) is 0 Å². The van der Waals surface area contributed by atoms with Gasteiger partial charge in [-0.1, -0.05) is 48.0 Å². The van der Waals surface area contributed by atoms with Gasteiger partial charge in [0.2, 0.25) is 0 Å². The highest BCUT2D eigenvalue weighted by Crippen LogP contribution is 2.29. The fourth-order valence-corrected chi connectivity index (χ4v) is 3.10. The molecule has 1 heterocycles. The summed E-state index contributed by atoms with van der Waals surface area (Å²) < 4.78 is 15.4. The number of benzene rings is 2. The molecule has 0 fully saturated rings. The zero-order chi connectivity index (χ0) is 17.3. The molecule has 3 rings (SSSR count). The van der Waals surface area contributed by atoms with Crippen LogP contribution in [0.2, 0.25) is 5.02 Å². The number of hydrogen-bond acceptors (Lipinski definition) is 2. The molecule has 3 aromatic rings. The minimum absolute atomic E-state index is 0.113. The number of nitrogens with one attached hydrogen (secondary N) is 1. The SMILES string of the molecule is Cn1c(C(=O)NCC(O)c2ccccc2F)c(Cl)c2ccccc21. The zero-order valence-corrected chi connectivity index (χ0v) is 13.7. The van der Waals surface area contributed by atoms with Crippen LogP contribution < -0.4 is 5.32 Å². The maximum absolute atomic E-state index is 13.7. The summed E-state index contributed by atoms with van der Waals surface area (Å²) in [6.07, 6.45) is -1.14. The molecule has 1 unspecified atom stereocenters. The van der Waals surface area contributed by atoms with E-state index in [1.165, 1.54) is 12.1 Å². The van der Waals surface area contributed by atoms with Crippen LogP contribution in [0.5, 0.6) is 0 Å². The van der Waals surface area contributed by atoms with Crippen molar-refractivity contribution in [1.82, 2.24) is 9.88 Å². The molecule has 0 radical (unpaired) electrons. The lowest BCUT2D eigenvalue weighted by Gasteiger charge is -2.13. The molecule has 0 spiro atoms. The van der Waals surface area contributed by atoms with Crippen molar-refractivity contribution in [1.29, 1.82) is 0 Å². The van der Waals surface area contributed by atoms with Crippen LogP contribution in [0.15, 0.2) is 48.5 Å². The van der Waals surface area contributed by atoms with Gasteiger partial charge in [0.15, 0.2) is 0 Å². The number of aryl methyl sites for hydroxylation is 1. The number of aliphatic hydroxyl groups is 1. The summed E-state index contributed by atoms with van der Waals surface area (Å²) >= 11 is 6.31. The van der Waals surface area contributed by atoms with Crippen LogP contribution >= 0.6 is 11.6 Å². The number of carbonyl (C=O) groups excluding carboxylic acids is 1. The van der Waals surface area contributed by atoms with Gasteiger partial charge in [0.25, 0.3) is 5.91 Å². The Morgan fingerprint density at radius 1 is 1.25 bits per heavy atom. The summed E-state index contributed by atoms with van der Waals surface area (Å²) in [6, 6.07) is 13.3. The zero-order valence-electron chi connectivity index (χ0n) is 13.0. The Bertz CT molecular complexity index is 868. The van der Waals surface area contributed by atoms with E-state index in [4.69, 9.17) is 11.6 Å². The second-order valence-corrected chi connectivity index (χ2v) is 5.86. The van der Waals surface area contributed by atoms with E-state index >= 15 is 0 Å². The lowest BCUT2D eigenvalue weighted by Crippen LogP contribution is -2.30. The first-order chi connectivity index (χ1) is 11.5. The quantitative estimate of drug-likeness (QED) is 0.760. The Morgan fingerprint density at radius 3 is 2.62 bits per heavy atom. The Morgan fingerprint density at radius 2 is 1.92 bits per heavy atom. The number of para-hydroxylation sites is 1. The molecule has 2 aromatic carbocycles. The number of nitrogens with zero attached hydrogens (tertiary/aromatic N) is 1. The predicted molar refractivity (Wildman–Crippen MR) is 91.6 cm³/mol. The van der Waals surface area contributed by atoms with Crippen LogP contribution in [0.1, 0.15) is 22.2 Å². The van der Waals surface area contributed by atoms with E-state index in [0.29, 0.717) is 10.7 Å². The highest BCUT2D eigenvalue weighted by Gasteiger charge is 2.21. The summed E-state index contributed by atoms with van der Waals surface area (Å²) in [4.78, 5) is 12.5. The number of carbonyl (C=O) groups is 1. The Kier molecular flexibility index (Phi) is 4.55. The van der Waals surface area contributed by atoms with Crippen LogP contribution in [-0.4, -0.2) is 22.1 Å². The van der Waals surface area contributed by atoms with Gasteiger partial charge in [-0.05, 0) is 12.1 Å². The molecule has 0 aliphatic heterocycles. The molecule has 0 bridgehead atoms. The first-order valence-corrected chi connectivity index (χ1v) is 7.82. The van der Waals surface area contributed by atoms with Crippen molar-refractivity contribution < 1.29 is 14.3 Å². The fraction of sp³-hybridized carbons (Fsp3) is 0.167. The Labute approximate surface area is 143 Å². The number of halogens is 2. The maximum atomic E-state index is 13.7. The lowest BCUT2D eigenvalue weighted by molar-refractivity contribution is 0.0906. The maximum Gasteiger partial charge on any atom is 0.269 e. The van der Waals surface area contributed by atoms with E-state index in [1.807, 2.05) is 24.3 Å². The molecule has 0 saturated heterocycles. The number of fused-ring (bicyclic) bond motifs is 1. The third-order valence-corrected chi connectivity index (χ3v) is 4.36. The van der Waals surface area contributed by atoms with Gasteiger partial charge in [0.05, 0.1) is 11.1 Å². The summed E-state index contributed by atoms with van der Waals surface area (Å²) in [5, 5.41) is 13.8. The number of amides is 1. The van der Waals surface area contributed by atoms with Crippen LogP contribution in [0, 0.1) is 5.82 Å². The molecular formula is C18H16ClFN2O2. The van der Waals surface area contributed by atoms with E-state index < -0.39 is 17.8 Å². The summed E-state index contributed by atoms with van der Waals surface area (Å²) in [5.41, 5.74) is 1.28. The van der Waals surface area contributed by atoms with Gasteiger partial charge in [0, 0.05) is 30.1 Å². The first-order valence-electron chi connectivity index (χ1n) is 7.44. The van der Waals surface area contributed by atoms with Crippen molar-refractivity contribution in [3.05, 3.63) is 70.6 Å². The normalized spacial score (nSPS) is 12.3. The van der Waals surface area contributed by atoms with Crippen LogP contribution in [0.3, 0.4) is 0 Å². The first kappa shape index (κ1) is 16.5. The standard InChI is InChI=1S/C18H16ClFN2O2/c1-22-14-9-5-3-7-12(14)16(19)17(22)18(24)21-10-15(23)11-6-2-4-8-13(11)20/h2-9,15,23H,10H2,1H3,(H,21,24). The Balaban J connectivity index is 1.80. The minimum Gasteiger partial charge on any atom is -0.386 e. The molecule has 0 aliphatic carbocycles. The average molecular weight is 347 g/mol. The molecular weight excluding hydrogens is 331 g/mol. The van der Waals surface area contributed by atoms with E-state index in [9.17, 15) is 14.3 Å². The van der Waals surface area contributed by atoms with Gasteiger partial charge in [-0.25, -0.2) is 4.39 Å². The Hall–Kier alpha value is -2.37. The summed E-state index contributed by atoms with van der Waals surface area (Å²) in [6.45, 7) is -0.113. The topological polar surface area (TPSA) is 54.3 Å². The smallest absolute Gasteiger partial charge is 0.269 e. The molecule has 4 nitrogen and oxygen atoms in total. The number of hydrogen-bond donors (Lipinski definition) is 2. The minimum atomic E-state index is -1.14. The van der Waals surface area contributed by atoms with Gasteiger partial charge in [-0.15, -0.1) is 0 Å². The van der Waals surface area contributed by atoms with Gasteiger partial charge < -0.3 is 15.0 Å². The largest absolute Gasteiger partial charge is 0.386 e. The average Bonchev–Trinajstić information content (AvgIpc) is 2.84. The van der Waals surface area contributed by atoms with Gasteiger partial charge in [-0.3, -0.25) is 4.79 Å². The van der Waals surface area contributed by atoms with Gasteiger partial charge >= 0.3 is 0 Å². The molecule has 124 valence electrons. The molecule has 24 heavy (non-hydrogen) atoms. The third kappa shape index (κ3) is 2.88. The monoisotopic (exact) mass is 346 g/mol. The highest BCUT2D eigenvalue weighted by molar-refractivity contribution is 6.38. The third-order valence-electron chi connectivity index (χ3n) is 3.98. The molecule has 1 atom stereocenters. The van der Waals surface area contributed by atoms with E-state index in [0.717, 1.165) is 10.9 Å². The second kappa shape index (κ2) is 6.63. The molecule has 0 saturated carbocycles. The molecule has 1 amide bonds. The molecule has 2 N–H and O–H groups in total. The van der Waals surface area contributed by atoms with Crippen molar-refractivity contribution in [3.63, 3.8) is 0 Å². The van der Waals surface area contributed by atoms with Crippen molar-refractivity contribution in [2.45, 2.75) is 6.10 Å². The van der Waals surface area contributed by atoms with Crippen molar-refractivity contribution >= 4 is 28.4 Å². The van der Waals surface area contributed by atoms with E-state index in [2.05, 4.69) is 5.32 Å². The van der Waals surface area contributed by atoms with E-state index in [-0.39, 0.29) is 12.1 Å². The molecule has 0 aliphatic rings. The predicted octanol–water partition coefficient (Wildman–Crippen LogP) is 3.43. The van der Waals surface area contributed by atoms with E-state index in [1.54, 1.807) is 23.7 Å². The molecule has 6 heteroatoms. The van der Waals surface area contributed by atoms with Crippen molar-refractivity contribution in [2.24, 2.45) is 7.05 Å². The van der Waals surface area contributed by atoms with Crippen LogP contribution in [0.4, 0.5) is 4.39 Å². The van der Waals surface area contributed by atoms with Crippen LogP contribution in [0.25, 0.3) is 10.9 Å². The second-order valence-electron chi connectivity index (χ2n) is 5.49. The number of aromatic nitrogens is 1. The van der Waals surface area contributed by atoms with Gasteiger partial charge in [0.1, 0.15) is 11.5 Å². The fourth-order valence-electron chi connectivity index (χ4n) is 2.73. The lowest BCUT2D eigenvalue weighted by atomic mass is 10.1. The van der Waals surface area contributed by atoms with Crippen LogP contribution in [-0.2, 0) is 7.05 Å². The number of rotatable bonds is 4. The molecule has 1 aromatic heterocycles. The van der Waals surface area contributed by atoms with Gasteiger partial charge in [-0.2, -0.15) is 0 Å². The summed E-state index contributed by atoms with van der Waals surface area (Å²) in [7, 11) is 1.75. The number of aliphatic hydroxyl groups excluding tert-OH is 1. The van der Waals surface area contributed by atoms with Crippen molar-refractivity contribution in [2.75, 3.05) is 6.54 Å².